The van der Waals surface area contributed by atoms with Gasteiger partial charge in [0.1, 0.15) is 11.5 Å². The molecule has 0 aliphatic rings. The van der Waals surface area contributed by atoms with Crippen molar-refractivity contribution in [2.45, 2.75) is 6.42 Å². The minimum absolute atomic E-state index is 0.0492. The van der Waals surface area contributed by atoms with Gasteiger partial charge in [0.2, 0.25) is 10.0 Å². The van der Waals surface area contributed by atoms with Gasteiger partial charge in [0.05, 0.1) is 12.9 Å². The number of aryl methyl sites for hydroxylation is 1. The number of hydrogen-bond donors (Lipinski definition) is 2. The highest BCUT2D eigenvalue weighted by Crippen LogP contribution is 2.28. The van der Waals surface area contributed by atoms with Crippen molar-refractivity contribution in [1.82, 2.24) is 4.72 Å². The number of ether oxygens (including phenoxy) is 2. The third-order valence-electron chi connectivity index (χ3n) is 4.60. The predicted molar refractivity (Wildman–Crippen MR) is 120 cm³/mol. The number of sulfonamides is 1. The van der Waals surface area contributed by atoms with Crippen LogP contribution in [0.3, 0.4) is 0 Å². The van der Waals surface area contributed by atoms with Gasteiger partial charge in [-0.15, -0.1) is 0 Å². The fourth-order valence-corrected chi connectivity index (χ4v) is 3.94. The lowest BCUT2D eigenvalue weighted by atomic mass is 10.0. The van der Waals surface area contributed by atoms with Crippen molar-refractivity contribution in [3.63, 3.8) is 0 Å². The van der Waals surface area contributed by atoms with E-state index in [1.54, 1.807) is 43.5 Å². The summed E-state index contributed by atoms with van der Waals surface area (Å²) in [5, 5.41) is 10.4. The van der Waals surface area contributed by atoms with Gasteiger partial charge in [-0.25, -0.2) is 13.2 Å². The Morgan fingerprint density at radius 3 is 2.45 bits per heavy atom. The van der Waals surface area contributed by atoms with Gasteiger partial charge in [0.25, 0.3) is 0 Å². The van der Waals surface area contributed by atoms with Crippen LogP contribution >= 0.6 is 0 Å². The maximum absolute atomic E-state index is 12.3. The van der Waals surface area contributed by atoms with Crippen molar-refractivity contribution < 1.29 is 27.8 Å². The summed E-state index contributed by atoms with van der Waals surface area (Å²) in [7, 11) is -1.92. The van der Waals surface area contributed by atoms with Crippen LogP contribution in [0, 0.1) is 0 Å². The molecule has 0 saturated carbocycles. The third kappa shape index (κ3) is 6.23. The molecule has 0 atom stereocenters. The van der Waals surface area contributed by atoms with Gasteiger partial charge in [0, 0.05) is 11.6 Å². The van der Waals surface area contributed by atoms with E-state index in [-0.39, 0.29) is 5.75 Å². The minimum Gasteiger partial charge on any atom is -0.497 e. The average molecular weight is 442 g/mol. The van der Waals surface area contributed by atoms with Crippen LogP contribution in [0.2, 0.25) is 0 Å². The highest BCUT2D eigenvalue weighted by atomic mass is 32.2. The number of carbonyl (C=O) groups is 1. The number of benzene rings is 3. The smallest absolute Gasteiger partial charge is 0.341 e. The zero-order chi connectivity index (χ0) is 22.3. The molecule has 0 heterocycles. The summed E-state index contributed by atoms with van der Waals surface area (Å²) in [4.78, 5) is 10.8. The monoisotopic (exact) mass is 441 g/mol. The molecule has 8 heteroatoms. The molecule has 2 N–H and O–H groups in total. The Balaban J connectivity index is 1.67. The SMILES string of the molecule is COc1ccc(CCS(=O)(=O)NC=Cc2cccc3c(OCC(=O)O)cccc23)cc1. The lowest BCUT2D eigenvalue weighted by Crippen LogP contribution is -2.22. The van der Waals surface area contributed by atoms with Crippen molar-refractivity contribution in [2.75, 3.05) is 19.5 Å². The van der Waals surface area contributed by atoms with Crippen LogP contribution in [0.4, 0.5) is 0 Å². The van der Waals surface area contributed by atoms with Crippen molar-refractivity contribution in [2.24, 2.45) is 0 Å². The number of carboxylic acid groups (broad SMARTS) is 1. The Labute approximate surface area is 181 Å². The molecule has 3 rings (SSSR count). The first kappa shape index (κ1) is 22.2. The van der Waals surface area contributed by atoms with Crippen LogP contribution in [-0.4, -0.2) is 39.0 Å². The van der Waals surface area contributed by atoms with E-state index in [2.05, 4.69) is 4.72 Å². The summed E-state index contributed by atoms with van der Waals surface area (Å²) in [6, 6.07) is 18.0. The molecule has 0 radical (unpaired) electrons. The Morgan fingerprint density at radius 1 is 1.03 bits per heavy atom. The molecule has 0 aliphatic carbocycles. The summed E-state index contributed by atoms with van der Waals surface area (Å²) < 4.78 is 37.6. The van der Waals surface area contributed by atoms with Crippen molar-refractivity contribution in [3.05, 3.63) is 78.0 Å². The van der Waals surface area contributed by atoms with Gasteiger partial charge in [-0.2, -0.15) is 0 Å². The van der Waals surface area contributed by atoms with E-state index in [1.165, 1.54) is 6.20 Å². The van der Waals surface area contributed by atoms with E-state index in [1.807, 2.05) is 30.3 Å². The second kappa shape index (κ2) is 9.99. The molecule has 0 fully saturated rings. The van der Waals surface area contributed by atoms with Gasteiger partial charge >= 0.3 is 5.97 Å². The van der Waals surface area contributed by atoms with E-state index in [0.29, 0.717) is 12.2 Å². The quantitative estimate of drug-likeness (QED) is 0.500. The molecule has 7 nitrogen and oxygen atoms in total. The number of carboxylic acids is 1. The van der Waals surface area contributed by atoms with E-state index in [9.17, 15) is 13.2 Å². The predicted octanol–water partition coefficient (Wildman–Crippen LogP) is 3.44. The lowest BCUT2D eigenvalue weighted by molar-refractivity contribution is -0.139. The van der Waals surface area contributed by atoms with Crippen LogP contribution in [-0.2, 0) is 21.2 Å². The first-order valence-electron chi connectivity index (χ1n) is 9.54. The number of hydrogen-bond acceptors (Lipinski definition) is 5. The van der Waals surface area contributed by atoms with Crippen LogP contribution in [0.1, 0.15) is 11.1 Å². The second-order valence-electron chi connectivity index (χ2n) is 6.75. The van der Waals surface area contributed by atoms with Gasteiger partial charge < -0.3 is 14.6 Å². The zero-order valence-corrected chi connectivity index (χ0v) is 17.8. The summed E-state index contributed by atoms with van der Waals surface area (Å²) >= 11 is 0. The second-order valence-corrected chi connectivity index (χ2v) is 8.62. The fraction of sp³-hybridized carbons (Fsp3) is 0.174. The summed E-state index contributed by atoms with van der Waals surface area (Å²) in [6.45, 7) is -0.437. The Bertz CT molecular complexity index is 1190. The number of aliphatic carboxylic acids is 1. The highest BCUT2D eigenvalue weighted by Gasteiger charge is 2.09. The standard InChI is InChI=1S/C23H23NO6S/c1-29-19-10-8-17(9-11-19)13-15-31(27,28)24-14-12-18-4-2-6-21-20(18)5-3-7-22(21)30-16-23(25)26/h2-12,14,24H,13,15-16H2,1H3,(H,25,26). The normalized spacial score (nSPS) is 11.5. The van der Waals surface area contributed by atoms with E-state index >= 15 is 0 Å². The summed E-state index contributed by atoms with van der Waals surface area (Å²) in [5.41, 5.74) is 1.68. The van der Waals surface area contributed by atoms with Gasteiger partial charge in [0.15, 0.2) is 6.61 Å². The number of fused-ring (bicyclic) bond motifs is 1. The topological polar surface area (TPSA) is 102 Å². The number of methoxy groups -OCH3 is 1. The molecule has 31 heavy (non-hydrogen) atoms. The minimum atomic E-state index is -3.50. The maximum atomic E-state index is 12.3. The van der Waals surface area contributed by atoms with Crippen molar-refractivity contribution >= 4 is 32.8 Å². The molecule has 162 valence electrons. The fourth-order valence-electron chi connectivity index (χ4n) is 3.05. The molecular weight excluding hydrogens is 418 g/mol. The van der Waals surface area contributed by atoms with Crippen LogP contribution in [0.15, 0.2) is 66.9 Å². The molecule has 0 aliphatic heterocycles. The van der Waals surface area contributed by atoms with Gasteiger partial charge in [-0.1, -0.05) is 42.5 Å². The molecule has 3 aromatic carbocycles. The van der Waals surface area contributed by atoms with Crippen molar-refractivity contribution in [3.8, 4) is 11.5 Å². The molecule has 0 bridgehead atoms. The molecule has 0 amide bonds. The van der Waals surface area contributed by atoms with E-state index in [0.717, 1.165) is 27.6 Å². The Kier molecular flexibility index (Phi) is 7.15. The first-order valence-corrected chi connectivity index (χ1v) is 11.2. The molecule has 0 unspecified atom stereocenters. The largest absolute Gasteiger partial charge is 0.497 e. The third-order valence-corrected chi connectivity index (χ3v) is 5.83. The zero-order valence-electron chi connectivity index (χ0n) is 16.9. The van der Waals surface area contributed by atoms with Crippen molar-refractivity contribution in [1.29, 1.82) is 0 Å². The van der Waals surface area contributed by atoms with E-state index < -0.39 is 22.6 Å². The molecular formula is C23H23NO6S. The highest BCUT2D eigenvalue weighted by molar-refractivity contribution is 7.89. The number of nitrogens with one attached hydrogen (secondary N) is 1. The maximum Gasteiger partial charge on any atom is 0.341 e. The average Bonchev–Trinajstić information content (AvgIpc) is 2.76. The molecule has 0 saturated heterocycles. The van der Waals surface area contributed by atoms with E-state index in [4.69, 9.17) is 14.6 Å². The Morgan fingerprint density at radius 2 is 1.74 bits per heavy atom. The molecule has 3 aromatic rings. The van der Waals surface area contributed by atoms with Gasteiger partial charge in [-0.05, 0) is 47.2 Å². The van der Waals surface area contributed by atoms with Crippen LogP contribution in [0.5, 0.6) is 11.5 Å². The summed E-state index contributed by atoms with van der Waals surface area (Å²) in [5.74, 6) is 0.0680. The van der Waals surface area contributed by atoms with Crippen LogP contribution < -0.4 is 14.2 Å². The Hall–Kier alpha value is -3.52. The summed E-state index contributed by atoms with van der Waals surface area (Å²) in [6.07, 6.45) is 3.43. The number of rotatable bonds is 10. The molecule has 0 aromatic heterocycles. The molecule has 0 spiro atoms. The lowest BCUT2D eigenvalue weighted by Gasteiger charge is -2.09. The van der Waals surface area contributed by atoms with Crippen LogP contribution in [0.25, 0.3) is 16.8 Å². The van der Waals surface area contributed by atoms with Gasteiger partial charge in [-0.3, -0.25) is 4.72 Å². The first-order chi connectivity index (χ1) is 14.9.